The van der Waals surface area contributed by atoms with Gasteiger partial charge in [0.1, 0.15) is 0 Å². The standard InChI is InChI=1S/C12H17FN2O2/c1-7(2)10(12(14)17)15-6-8-4-3-5-9(13)11(8)16/h3-5,7,10,15-16H,6H2,1-2H3,(H2,14,17). The van der Waals surface area contributed by atoms with E-state index < -0.39 is 23.5 Å². The summed E-state index contributed by atoms with van der Waals surface area (Å²) in [6.07, 6.45) is 0. The maximum absolute atomic E-state index is 13.1. The molecule has 0 saturated carbocycles. The van der Waals surface area contributed by atoms with Crippen molar-refractivity contribution >= 4 is 5.91 Å². The Labute approximate surface area is 99.6 Å². The smallest absolute Gasteiger partial charge is 0.234 e. The van der Waals surface area contributed by atoms with Crippen LogP contribution in [0.4, 0.5) is 4.39 Å². The number of carbonyl (C=O) groups is 1. The van der Waals surface area contributed by atoms with Gasteiger partial charge in [0, 0.05) is 12.1 Å². The molecule has 0 aromatic heterocycles. The molecule has 1 unspecified atom stereocenters. The van der Waals surface area contributed by atoms with E-state index in [1.165, 1.54) is 12.1 Å². The number of hydrogen-bond acceptors (Lipinski definition) is 3. The third-order valence-electron chi connectivity index (χ3n) is 2.56. The van der Waals surface area contributed by atoms with Crippen LogP contribution < -0.4 is 11.1 Å². The number of carbonyl (C=O) groups excluding carboxylic acids is 1. The Hall–Kier alpha value is -1.62. The number of nitrogens with one attached hydrogen (secondary N) is 1. The Morgan fingerprint density at radius 1 is 1.53 bits per heavy atom. The zero-order valence-corrected chi connectivity index (χ0v) is 9.90. The van der Waals surface area contributed by atoms with Crippen molar-refractivity contribution in [1.82, 2.24) is 5.32 Å². The van der Waals surface area contributed by atoms with Gasteiger partial charge in [-0.1, -0.05) is 26.0 Å². The first-order chi connectivity index (χ1) is 7.93. The maximum atomic E-state index is 13.1. The monoisotopic (exact) mass is 240 g/mol. The summed E-state index contributed by atoms with van der Waals surface area (Å²) in [7, 11) is 0. The third kappa shape index (κ3) is 3.42. The zero-order chi connectivity index (χ0) is 13.0. The molecule has 94 valence electrons. The van der Waals surface area contributed by atoms with Crippen molar-refractivity contribution in [1.29, 1.82) is 0 Å². The highest BCUT2D eigenvalue weighted by molar-refractivity contribution is 5.80. The van der Waals surface area contributed by atoms with Gasteiger partial charge in [-0.3, -0.25) is 4.79 Å². The molecule has 0 fully saturated rings. The van der Waals surface area contributed by atoms with E-state index in [1.807, 2.05) is 13.8 Å². The van der Waals surface area contributed by atoms with Gasteiger partial charge < -0.3 is 16.2 Å². The molecular weight excluding hydrogens is 223 g/mol. The molecule has 4 N–H and O–H groups in total. The van der Waals surface area contributed by atoms with Gasteiger partial charge in [0.15, 0.2) is 11.6 Å². The number of aromatic hydroxyl groups is 1. The average molecular weight is 240 g/mol. The minimum atomic E-state index is -0.676. The fraction of sp³-hybridized carbons (Fsp3) is 0.417. The van der Waals surface area contributed by atoms with E-state index >= 15 is 0 Å². The number of halogens is 1. The Morgan fingerprint density at radius 3 is 2.71 bits per heavy atom. The van der Waals surface area contributed by atoms with Crippen LogP contribution in [-0.4, -0.2) is 17.1 Å². The SMILES string of the molecule is CC(C)C(NCc1cccc(F)c1O)C(N)=O. The first kappa shape index (κ1) is 13.4. The molecule has 0 aliphatic carbocycles. The highest BCUT2D eigenvalue weighted by Gasteiger charge is 2.19. The molecule has 0 spiro atoms. The molecule has 0 saturated heterocycles. The van der Waals surface area contributed by atoms with E-state index in [-0.39, 0.29) is 12.5 Å². The van der Waals surface area contributed by atoms with E-state index in [9.17, 15) is 14.3 Å². The van der Waals surface area contributed by atoms with Crippen molar-refractivity contribution in [3.8, 4) is 5.75 Å². The summed E-state index contributed by atoms with van der Waals surface area (Å²) in [5, 5.41) is 12.4. The van der Waals surface area contributed by atoms with Gasteiger partial charge in [-0.15, -0.1) is 0 Å². The van der Waals surface area contributed by atoms with Gasteiger partial charge in [-0.2, -0.15) is 0 Å². The number of rotatable bonds is 5. The number of phenols is 1. The van der Waals surface area contributed by atoms with Crippen molar-refractivity contribution in [2.24, 2.45) is 11.7 Å². The molecule has 0 heterocycles. The first-order valence-electron chi connectivity index (χ1n) is 5.42. The van der Waals surface area contributed by atoms with Crippen LogP contribution in [0.3, 0.4) is 0 Å². The minimum absolute atomic E-state index is 0.0307. The summed E-state index contributed by atoms with van der Waals surface area (Å²) < 4.78 is 13.1. The van der Waals surface area contributed by atoms with Crippen LogP contribution in [0.2, 0.25) is 0 Å². The van der Waals surface area contributed by atoms with Crippen LogP contribution in [-0.2, 0) is 11.3 Å². The topological polar surface area (TPSA) is 75.3 Å². The van der Waals surface area contributed by atoms with Gasteiger partial charge in [-0.25, -0.2) is 4.39 Å². The number of benzene rings is 1. The molecular formula is C12H17FN2O2. The van der Waals surface area contributed by atoms with Crippen molar-refractivity contribution in [3.05, 3.63) is 29.6 Å². The second kappa shape index (κ2) is 5.63. The van der Waals surface area contributed by atoms with Crippen LogP contribution >= 0.6 is 0 Å². The number of phenolic OH excluding ortho intramolecular Hbond substituents is 1. The maximum Gasteiger partial charge on any atom is 0.234 e. The van der Waals surface area contributed by atoms with E-state index in [2.05, 4.69) is 5.32 Å². The largest absolute Gasteiger partial charge is 0.505 e. The second-order valence-electron chi connectivity index (χ2n) is 4.25. The molecule has 1 rings (SSSR count). The van der Waals surface area contributed by atoms with Crippen molar-refractivity contribution in [3.63, 3.8) is 0 Å². The first-order valence-corrected chi connectivity index (χ1v) is 5.42. The molecule has 1 atom stereocenters. The highest BCUT2D eigenvalue weighted by Crippen LogP contribution is 2.20. The molecule has 0 bridgehead atoms. The second-order valence-corrected chi connectivity index (χ2v) is 4.25. The quantitative estimate of drug-likeness (QED) is 0.722. The lowest BCUT2D eigenvalue weighted by Gasteiger charge is -2.19. The molecule has 0 aliphatic rings. The van der Waals surface area contributed by atoms with E-state index in [0.29, 0.717) is 5.56 Å². The molecule has 0 aliphatic heterocycles. The Balaban J connectivity index is 2.72. The zero-order valence-electron chi connectivity index (χ0n) is 9.90. The fourth-order valence-corrected chi connectivity index (χ4v) is 1.59. The number of para-hydroxylation sites is 1. The number of nitrogens with two attached hydrogens (primary N) is 1. The summed E-state index contributed by atoms with van der Waals surface area (Å²) in [6.45, 7) is 3.90. The highest BCUT2D eigenvalue weighted by atomic mass is 19.1. The Bertz CT molecular complexity index is 407. The lowest BCUT2D eigenvalue weighted by Crippen LogP contribution is -2.44. The number of primary amides is 1. The normalized spacial score (nSPS) is 12.7. The van der Waals surface area contributed by atoms with Crippen LogP contribution in [0.25, 0.3) is 0 Å². The predicted molar refractivity (Wildman–Crippen MR) is 62.7 cm³/mol. The molecule has 0 radical (unpaired) electrons. The van der Waals surface area contributed by atoms with E-state index in [0.717, 1.165) is 0 Å². The molecule has 17 heavy (non-hydrogen) atoms. The summed E-state index contributed by atoms with van der Waals surface area (Å²) in [6, 6.07) is 3.76. The van der Waals surface area contributed by atoms with Crippen molar-refractivity contribution in [2.75, 3.05) is 0 Å². The minimum Gasteiger partial charge on any atom is -0.505 e. The molecule has 5 heteroatoms. The average Bonchev–Trinajstić information content (AvgIpc) is 2.23. The number of amides is 1. The summed E-state index contributed by atoms with van der Waals surface area (Å²) >= 11 is 0. The molecule has 4 nitrogen and oxygen atoms in total. The van der Waals surface area contributed by atoms with Gasteiger partial charge in [0.25, 0.3) is 0 Å². The summed E-state index contributed by atoms with van der Waals surface area (Å²) in [5.41, 5.74) is 5.63. The third-order valence-corrected chi connectivity index (χ3v) is 2.56. The van der Waals surface area contributed by atoms with Gasteiger partial charge in [0.05, 0.1) is 6.04 Å². The summed E-state index contributed by atoms with van der Waals surface area (Å²) in [4.78, 5) is 11.1. The number of hydrogen-bond donors (Lipinski definition) is 3. The predicted octanol–water partition coefficient (Wildman–Crippen LogP) is 1.13. The van der Waals surface area contributed by atoms with Crippen LogP contribution in [0, 0.1) is 11.7 Å². The Morgan fingerprint density at radius 2 is 2.18 bits per heavy atom. The van der Waals surface area contributed by atoms with Gasteiger partial charge in [0.2, 0.25) is 5.91 Å². The lowest BCUT2D eigenvalue weighted by atomic mass is 10.0. The van der Waals surface area contributed by atoms with Gasteiger partial charge in [-0.05, 0) is 12.0 Å². The molecule has 1 aromatic carbocycles. The van der Waals surface area contributed by atoms with E-state index in [1.54, 1.807) is 6.07 Å². The summed E-state index contributed by atoms with van der Waals surface area (Å²) in [5.74, 6) is -1.50. The lowest BCUT2D eigenvalue weighted by molar-refractivity contribution is -0.121. The van der Waals surface area contributed by atoms with Crippen molar-refractivity contribution in [2.45, 2.75) is 26.4 Å². The molecule has 1 amide bonds. The van der Waals surface area contributed by atoms with Crippen LogP contribution in [0.1, 0.15) is 19.4 Å². The van der Waals surface area contributed by atoms with Crippen LogP contribution in [0.15, 0.2) is 18.2 Å². The van der Waals surface area contributed by atoms with Crippen molar-refractivity contribution < 1.29 is 14.3 Å². The van der Waals surface area contributed by atoms with Gasteiger partial charge >= 0.3 is 0 Å². The molecule has 1 aromatic rings. The van der Waals surface area contributed by atoms with Crippen LogP contribution in [0.5, 0.6) is 5.75 Å². The fourth-order valence-electron chi connectivity index (χ4n) is 1.59. The Kier molecular flexibility index (Phi) is 4.45. The van der Waals surface area contributed by atoms with E-state index in [4.69, 9.17) is 5.73 Å².